The molecule has 0 N–H and O–H groups in total. The fourth-order valence-electron chi connectivity index (χ4n) is 1.34. The van der Waals surface area contributed by atoms with Crippen molar-refractivity contribution in [2.45, 2.75) is 27.7 Å². The first-order chi connectivity index (χ1) is 5.46. The Kier molecular flexibility index (Phi) is 2.79. The van der Waals surface area contributed by atoms with Gasteiger partial charge in [0.2, 0.25) is 0 Å². The summed E-state index contributed by atoms with van der Waals surface area (Å²) < 4.78 is 1.27. The van der Waals surface area contributed by atoms with Crippen LogP contribution >= 0.6 is 15.9 Å². The molecule has 0 aliphatic carbocycles. The average molecular weight is 242 g/mol. The van der Waals surface area contributed by atoms with Crippen molar-refractivity contribution in [2.75, 3.05) is 0 Å². The molecule has 1 rings (SSSR count). The highest BCUT2D eigenvalue weighted by molar-refractivity contribution is 9.10. The van der Waals surface area contributed by atoms with Gasteiger partial charge in [0.15, 0.2) is 0 Å². The normalized spacial score (nSPS) is 10.4. The van der Waals surface area contributed by atoms with Crippen molar-refractivity contribution in [1.29, 1.82) is 0 Å². The van der Waals surface area contributed by atoms with Crippen molar-refractivity contribution in [1.82, 2.24) is 0 Å². The lowest BCUT2D eigenvalue weighted by Crippen LogP contribution is -2.15. The molecule has 66 valence electrons. The molecule has 1 aromatic carbocycles. The molecule has 0 spiro atoms. The second kappa shape index (κ2) is 3.34. The Morgan fingerprint density at radius 3 is 1.50 bits per heavy atom. The van der Waals surface area contributed by atoms with E-state index in [0.717, 1.165) is 0 Å². The summed E-state index contributed by atoms with van der Waals surface area (Å²) in [5.41, 5.74) is 5.60. The van der Waals surface area contributed by atoms with Gasteiger partial charge in [-0.15, -0.1) is 0 Å². The molecule has 0 nitrogen and oxygen atoms in total. The summed E-state index contributed by atoms with van der Waals surface area (Å²) in [5.74, 6) is 0. The van der Waals surface area contributed by atoms with Crippen LogP contribution in [0.2, 0.25) is 0 Å². The predicted molar refractivity (Wildman–Crippen MR) is 61.3 cm³/mol. The number of rotatable bonds is 0. The van der Waals surface area contributed by atoms with E-state index < -0.39 is 0 Å². The third-order valence-corrected chi connectivity index (χ3v) is 4.94. The number of benzene rings is 1. The van der Waals surface area contributed by atoms with Gasteiger partial charge in [0, 0.05) is 4.47 Å². The number of hydrogen-bond acceptors (Lipinski definition) is 0. The summed E-state index contributed by atoms with van der Waals surface area (Å²) in [7, 11) is 1.98. The Labute approximate surface area is 85.9 Å². The first kappa shape index (κ1) is 10.0. The highest BCUT2D eigenvalue weighted by Gasteiger charge is 2.05. The van der Waals surface area contributed by atoms with Gasteiger partial charge in [-0.1, -0.05) is 27.1 Å². The molecule has 0 aliphatic rings. The second-order valence-corrected chi connectivity index (χ2v) is 4.79. The standard InChI is InChI=1S/C10H14BrSi/c1-5-7(3)10(12)8(4)6(2)9(5)11/h12H2,1-4H3/q-1. The third kappa shape index (κ3) is 1.38. The average Bonchev–Trinajstić information content (AvgIpc) is 2.08. The zero-order chi connectivity index (χ0) is 9.46. The fourth-order valence-corrected chi connectivity index (χ4v) is 2.47. The molecule has 2 heteroatoms. The summed E-state index contributed by atoms with van der Waals surface area (Å²) in [4.78, 5) is 0. The molecule has 1 aromatic rings. The molecule has 0 radical (unpaired) electrons. The van der Waals surface area contributed by atoms with Crippen molar-refractivity contribution in [2.24, 2.45) is 0 Å². The molecular formula is C10H14BrSi-. The lowest BCUT2D eigenvalue weighted by molar-refractivity contribution is 1.24. The molecule has 0 unspecified atom stereocenters. The van der Waals surface area contributed by atoms with Crippen molar-refractivity contribution >= 4 is 31.4 Å². The molecule has 0 fully saturated rings. The third-order valence-electron chi connectivity index (χ3n) is 2.69. The lowest BCUT2D eigenvalue weighted by Gasteiger charge is -2.19. The number of halogens is 1. The van der Waals surface area contributed by atoms with E-state index >= 15 is 0 Å². The van der Waals surface area contributed by atoms with Crippen molar-refractivity contribution in [3.8, 4) is 0 Å². The lowest BCUT2D eigenvalue weighted by atomic mass is 10.0. The smallest absolute Gasteiger partial charge is 0.0237 e. The maximum atomic E-state index is 3.62. The van der Waals surface area contributed by atoms with Gasteiger partial charge in [-0.05, 0) is 38.8 Å². The molecule has 0 aliphatic heterocycles. The summed E-state index contributed by atoms with van der Waals surface area (Å²) in [5, 5.41) is 1.45. The molecule has 0 saturated carbocycles. The minimum Gasteiger partial charge on any atom is -0.320 e. The van der Waals surface area contributed by atoms with E-state index in [4.69, 9.17) is 0 Å². The highest BCUT2D eigenvalue weighted by Crippen LogP contribution is 2.24. The van der Waals surface area contributed by atoms with Gasteiger partial charge in [0.05, 0.1) is 0 Å². The van der Waals surface area contributed by atoms with E-state index in [0.29, 0.717) is 0 Å². The maximum Gasteiger partial charge on any atom is 0.0237 e. The van der Waals surface area contributed by atoms with Gasteiger partial charge >= 0.3 is 0 Å². The van der Waals surface area contributed by atoms with Crippen LogP contribution in [-0.4, -0.2) is 10.2 Å². The van der Waals surface area contributed by atoms with Crippen LogP contribution in [0.3, 0.4) is 0 Å². The predicted octanol–water partition coefficient (Wildman–Crippen LogP) is 1.94. The van der Waals surface area contributed by atoms with E-state index in [-0.39, 0.29) is 0 Å². The number of hydrogen-bond donors (Lipinski definition) is 0. The molecule has 12 heavy (non-hydrogen) atoms. The van der Waals surface area contributed by atoms with Crippen LogP contribution in [-0.2, 0) is 0 Å². The highest BCUT2D eigenvalue weighted by atomic mass is 79.9. The van der Waals surface area contributed by atoms with Gasteiger partial charge in [0.1, 0.15) is 0 Å². The molecule has 0 amide bonds. The molecule has 0 aromatic heterocycles. The molecule has 0 atom stereocenters. The largest absolute Gasteiger partial charge is 0.320 e. The Hall–Kier alpha value is -0.0831. The molecular weight excluding hydrogens is 228 g/mol. The topological polar surface area (TPSA) is 0 Å². The minimum absolute atomic E-state index is 1.27. The quantitative estimate of drug-likeness (QED) is 0.610. The minimum atomic E-state index is 1.27. The Bertz CT molecular complexity index is 224. The second-order valence-electron chi connectivity index (χ2n) is 3.29. The van der Waals surface area contributed by atoms with Gasteiger partial charge in [-0.3, -0.25) is 0 Å². The molecule has 0 saturated heterocycles. The van der Waals surface area contributed by atoms with E-state index in [9.17, 15) is 0 Å². The SMILES string of the molecule is Cc1c(C)c(Br)c(C)c(C)c1[SiH2-]. The maximum absolute atomic E-state index is 3.62. The molecule has 0 bridgehead atoms. The molecule has 0 heterocycles. The zero-order valence-corrected chi connectivity index (χ0v) is 11.1. The Morgan fingerprint density at radius 2 is 1.17 bits per heavy atom. The van der Waals surface area contributed by atoms with Crippen LogP contribution in [0.1, 0.15) is 22.3 Å². The first-order valence-corrected chi connectivity index (χ1v) is 5.54. The van der Waals surface area contributed by atoms with Crippen LogP contribution in [0.5, 0.6) is 0 Å². The van der Waals surface area contributed by atoms with Crippen LogP contribution < -0.4 is 5.19 Å². The van der Waals surface area contributed by atoms with Crippen LogP contribution in [0.25, 0.3) is 0 Å². The monoisotopic (exact) mass is 241 g/mol. The van der Waals surface area contributed by atoms with Crippen molar-refractivity contribution in [3.63, 3.8) is 0 Å². The fraction of sp³-hybridized carbons (Fsp3) is 0.400. The van der Waals surface area contributed by atoms with E-state index in [1.165, 1.54) is 31.9 Å². The van der Waals surface area contributed by atoms with Gasteiger partial charge < -0.3 is 10.2 Å². The zero-order valence-electron chi connectivity index (χ0n) is 8.09. The first-order valence-electron chi connectivity index (χ1n) is 4.04. The van der Waals surface area contributed by atoms with Gasteiger partial charge in [-0.25, -0.2) is 0 Å². The van der Waals surface area contributed by atoms with Crippen LogP contribution in [0.4, 0.5) is 0 Å². The summed E-state index contributed by atoms with van der Waals surface area (Å²) in [6, 6.07) is 0. The van der Waals surface area contributed by atoms with Gasteiger partial charge in [-0.2, -0.15) is 5.19 Å². The van der Waals surface area contributed by atoms with E-state index in [2.05, 4.69) is 43.6 Å². The van der Waals surface area contributed by atoms with Gasteiger partial charge in [0.25, 0.3) is 0 Å². The summed E-state index contributed by atoms with van der Waals surface area (Å²) >= 11 is 3.62. The summed E-state index contributed by atoms with van der Waals surface area (Å²) in [6.45, 7) is 8.72. The van der Waals surface area contributed by atoms with Crippen LogP contribution in [0, 0.1) is 27.7 Å². The summed E-state index contributed by atoms with van der Waals surface area (Å²) in [6.07, 6.45) is 0. The van der Waals surface area contributed by atoms with E-state index in [1.54, 1.807) is 0 Å². The van der Waals surface area contributed by atoms with Crippen LogP contribution in [0.15, 0.2) is 4.47 Å². The Morgan fingerprint density at radius 1 is 0.833 bits per heavy atom. The van der Waals surface area contributed by atoms with E-state index in [1.807, 2.05) is 10.2 Å². The van der Waals surface area contributed by atoms with Crippen molar-refractivity contribution < 1.29 is 0 Å². The Balaban J connectivity index is 3.60. The van der Waals surface area contributed by atoms with Crippen molar-refractivity contribution in [3.05, 3.63) is 26.7 Å².